The molecular weight excluding hydrogens is 296 g/mol. The summed E-state index contributed by atoms with van der Waals surface area (Å²) >= 11 is 0. The predicted molar refractivity (Wildman–Crippen MR) is 101 cm³/mol. The smallest absolute Gasteiger partial charge is 0.137 e. The number of aromatic nitrogens is 2. The molecule has 0 spiro atoms. The molecule has 0 saturated heterocycles. The average molecular weight is 322 g/mol. The summed E-state index contributed by atoms with van der Waals surface area (Å²) in [7, 11) is 2.18. The van der Waals surface area contributed by atoms with Crippen molar-refractivity contribution in [1.29, 1.82) is 0 Å². The van der Waals surface area contributed by atoms with Gasteiger partial charge in [-0.1, -0.05) is 31.5 Å². The van der Waals surface area contributed by atoms with Crippen molar-refractivity contribution in [2.45, 2.75) is 33.2 Å². The number of anilines is 1. The molecule has 4 heteroatoms. The van der Waals surface area contributed by atoms with Crippen LogP contribution in [0.15, 0.2) is 42.5 Å². The van der Waals surface area contributed by atoms with E-state index in [0.717, 1.165) is 35.7 Å². The Labute approximate surface area is 143 Å². The van der Waals surface area contributed by atoms with E-state index in [2.05, 4.69) is 54.5 Å². The third-order valence-electron chi connectivity index (χ3n) is 4.41. The molecule has 0 aliphatic rings. The van der Waals surface area contributed by atoms with Crippen LogP contribution in [0.4, 0.5) is 5.69 Å². The van der Waals surface area contributed by atoms with Crippen molar-refractivity contribution >= 4 is 11.3 Å². The molecule has 0 bridgehead atoms. The van der Waals surface area contributed by atoms with Gasteiger partial charge in [0, 0.05) is 23.5 Å². The van der Waals surface area contributed by atoms with Gasteiger partial charge in [-0.2, -0.15) is 0 Å². The molecule has 24 heavy (non-hydrogen) atoms. The van der Waals surface area contributed by atoms with Crippen LogP contribution >= 0.6 is 0 Å². The number of benzene rings is 1. The lowest BCUT2D eigenvalue weighted by Gasteiger charge is -2.17. The number of nitrogens with zero attached hydrogens (tertiary/aromatic N) is 3. The van der Waals surface area contributed by atoms with Gasteiger partial charge in [0.15, 0.2) is 0 Å². The van der Waals surface area contributed by atoms with Crippen LogP contribution in [0.5, 0.6) is 0 Å². The van der Waals surface area contributed by atoms with Gasteiger partial charge in [-0.3, -0.25) is 4.40 Å². The van der Waals surface area contributed by atoms with E-state index < -0.39 is 0 Å². The first-order chi connectivity index (χ1) is 11.6. The molecular formula is C20H26N4. The summed E-state index contributed by atoms with van der Waals surface area (Å²) in [5.41, 5.74) is 12.3. The van der Waals surface area contributed by atoms with Crippen molar-refractivity contribution in [3.05, 3.63) is 53.9 Å². The standard InChI is InChI=1S/C20H26N4/c1-4-5-12-23(3)14-18-20(16-9-7-10-17(21)13-16)22-19-11-6-8-15(2)24(18)19/h6-11,13H,4-5,12,14,21H2,1-3H3. The largest absolute Gasteiger partial charge is 0.399 e. The van der Waals surface area contributed by atoms with Gasteiger partial charge in [-0.15, -0.1) is 0 Å². The zero-order chi connectivity index (χ0) is 17.1. The molecule has 3 rings (SSSR count). The van der Waals surface area contributed by atoms with E-state index in [-0.39, 0.29) is 0 Å². The van der Waals surface area contributed by atoms with E-state index >= 15 is 0 Å². The quantitative estimate of drug-likeness (QED) is 0.694. The molecule has 2 N–H and O–H groups in total. The molecule has 0 unspecified atom stereocenters. The summed E-state index contributed by atoms with van der Waals surface area (Å²) in [5, 5.41) is 0. The lowest BCUT2D eigenvalue weighted by Crippen LogP contribution is -2.20. The molecule has 0 aliphatic heterocycles. The third-order valence-corrected chi connectivity index (χ3v) is 4.41. The highest BCUT2D eigenvalue weighted by Gasteiger charge is 2.16. The van der Waals surface area contributed by atoms with E-state index in [0.29, 0.717) is 0 Å². The second-order valence-electron chi connectivity index (χ2n) is 6.48. The molecule has 0 fully saturated rings. The van der Waals surface area contributed by atoms with E-state index in [1.54, 1.807) is 0 Å². The zero-order valence-electron chi connectivity index (χ0n) is 14.8. The van der Waals surface area contributed by atoms with Gasteiger partial charge in [-0.05, 0) is 51.2 Å². The molecule has 0 amide bonds. The van der Waals surface area contributed by atoms with Gasteiger partial charge in [0.05, 0.1) is 11.4 Å². The van der Waals surface area contributed by atoms with Crippen molar-refractivity contribution in [3.63, 3.8) is 0 Å². The van der Waals surface area contributed by atoms with E-state index in [4.69, 9.17) is 10.7 Å². The first-order valence-electron chi connectivity index (χ1n) is 8.61. The Morgan fingerprint density at radius 2 is 1.96 bits per heavy atom. The number of rotatable bonds is 6. The highest BCUT2D eigenvalue weighted by Crippen LogP contribution is 2.27. The number of hydrogen-bond acceptors (Lipinski definition) is 3. The van der Waals surface area contributed by atoms with E-state index in [9.17, 15) is 0 Å². The zero-order valence-corrected chi connectivity index (χ0v) is 14.8. The van der Waals surface area contributed by atoms with Crippen LogP contribution in [0.2, 0.25) is 0 Å². The Hall–Kier alpha value is -2.33. The Morgan fingerprint density at radius 3 is 2.71 bits per heavy atom. The lowest BCUT2D eigenvalue weighted by molar-refractivity contribution is 0.316. The number of fused-ring (bicyclic) bond motifs is 1. The maximum atomic E-state index is 5.99. The number of hydrogen-bond donors (Lipinski definition) is 1. The fourth-order valence-corrected chi connectivity index (χ4v) is 3.15. The maximum Gasteiger partial charge on any atom is 0.137 e. The minimum Gasteiger partial charge on any atom is -0.399 e. The number of nitrogen functional groups attached to an aromatic ring is 1. The van der Waals surface area contributed by atoms with Gasteiger partial charge in [-0.25, -0.2) is 4.98 Å². The Morgan fingerprint density at radius 1 is 1.17 bits per heavy atom. The summed E-state index contributed by atoms with van der Waals surface area (Å²) in [4.78, 5) is 7.27. The molecule has 2 aromatic heterocycles. The van der Waals surface area contributed by atoms with Crippen LogP contribution in [-0.2, 0) is 6.54 Å². The summed E-state index contributed by atoms with van der Waals surface area (Å²) in [6.45, 7) is 6.32. The van der Waals surface area contributed by atoms with E-state index in [1.807, 2.05) is 18.2 Å². The molecule has 1 aromatic carbocycles. The van der Waals surface area contributed by atoms with Crippen molar-refractivity contribution < 1.29 is 0 Å². The normalized spacial score (nSPS) is 11.5. The summed E-state index contributed by atoms with van der Waals surface area (Å²) in [6.07, 6.45) is 2.42. The first-order valence-corrected chi connectivity index (χ1v) is 8.61. The van der Waals surface area contributed by atoms with Gasteiger partial charge >= 0.3 is 0 Å². The minimum absolute atomic E-state index is 0.770. The number of imidazole rings is 1. The number of nitrogens with two attached hydrogens (primary N) is 1. The first kappa shape index (κ1) is 16.5. The number of aryl methyl sites for hydroxylation is 1. The molecule has 0 aliphatic carbocycles. The fraction of sp³-hybridized carbons (Fsp3) is 0.350. The van der Waals surface area contributed by atoms with Crippen LogP contribution in [0.25, 0.3) is 16.9 Å². The highest BCUT2D eigenvalue weighted by atomic mass is 15.1. The Bertz CT molecular complexity index is 835. The molecule has 2 heterocycles. The van der Waals surface area contributed by atoms with E-state index in [1.165, 1.54) is 24.2 Å². The summed E-state index contributed by atoms with van der Waals surface area (Å²) in [6, 6.07) is 14.3. The molecule has 3 aromatic rings. The van der Waals surface area contributed by atoms with Gasteiger partial charge in [0.2, 0.25) is 0 Å². The lowest BCUT2D eigenvalue weighted by atomic mass is 10.1. The summed E-state index contributed by atoms with van der Waals surface area (Å²) < 4.78 is 2.26. The SMILES string of the molecule is CCCCN(C)Cc1c(-c2cccc(N)c2)nc2cccc(C)n12. The van der Waals surface area contributed by atoms with Crippen molar-refractivity contribution in [2.75, 3.05) is 19.3 Å². The molecule has 126 valence electrons. The highest BCUT2D eigenvalue weighted by molar-refractivity contribution is 5.69. The molecule has 4 nitrogen and oxygen atoms in total. The van der Waals surface area contributed by atoms with Crippen molar-refractivity contribution in [3.8, 4) is 11.3 Å². The van der Waals surface area contributed by atoms with Crippen molar-refractivity contribution in [2.24, 2.45) is 0 Å². The second-order valence-corrected chi connectivity index (χ2v) is 6.48. The van der Waals surface area contributed by atoms with Crippen LogP contribution in [-0.4, -0.2) is 27.9 Å². The molecule has 0 radical (unpaired) electrons. The molecule has 0 atom stereocenters. The van der Waals surface area contributed by atoms with Gasteiger partial charge in [0.1, 0.15) is 5.65 Å². The topological polar surface area (TPSA) is 46.6 Å². The van der Waals surface area contributed by atoms with Crippen LogP contribution in [0.1, 0.15) is 31.2 Å². The van der Waals surface area contributed by atoms with Gasteiger partial charge < -0.3 is 10.6 Å². The van der Waals surface area contributed by atoms with Crippen LogP contribution < -0.4 is 5.73 Å². The third kappa shape index (κ3) is 3.29. The average Bonchev–Trinajstić information content (AvgIpc) is 2.93. The predicted octanol–water partition coefficient (Wildman–Crippen LogP) is 4.12. The fourth-order valence-electron chi connectivity index (χ4n) is 3.15. The Balaban J connectivity index is 2.11. The van der Waals surface area contributed by atoms with Gasteiger partial charge in [0.25, 0.3) is 0 Å². The molecule has 0 saturated carbocycles. The van der Waals surface area contributed by atoms with Crippen LogP contribution in [0.3, 0.4) is 0 Å². The number of unbranched alkanes of at least 4 members (excludes halogenated alkanes) is 1. The minimum atomic E-state index is 0.770. The maximum absolute atomic E-state index is 5.99. The summed E-state index contributed by atoms with van der Waals surface area (Å²) in [5.74, 6) is 0. The Kier molecular flexibility index (Phi) is 4.86. The number of pyridine rings is 1. The second kappa shape index (κ2) is 7.05. The monoisotopic (exact) mass is 322 g/mol. The van der Waals surface area contributed by atoms with Crippen molar-refractivity contribution in [1.82, 2.24) is 14.3 Å². The van der Waals surface area contributed by atoms with Crippen LogP contribution in [0, 0.1) is 6.92 Å².